The highest BCUT2D eigenvalue weighted by atomic mass is 32.2. The maximum absolute atomic E-state index is 12.3. The van der Waals surface area contributed by atoms with Gasteiger partial charge in [0.2, 0.25) is 5.91 Å². The zero-order chi connectivity index (χ0) is 21.6. The molecule has 0 aliphatic rings. The first-order valence-corrected chi connectivity index (χ1v) is 11.2. The molecule has 2 N–H and O–H groups in total. The standard InChI is InChI=1S/C19H22N2O6S2/c1-12-13(2)28-18(16(12)17(23)21-19(24)27-3)20-15(22)10-7-11-29(25,26)14-8-5-4-6-9-14/h4-6,8-9H,7,10-11H2,1-3H3,(H,20,22)(H,21,23,24). The number of alkyl carbamates (subject to hydrolysis) is 1. The number of amides is 3. The van der Waals surface area contributed by atoms with E-state index in [-0.39, 0.29) is 29.1 Å². The summed E-state index contributed by atoms with van der Waals surface area (Å²) in [6.45, 7) is 3.50. The third kappa shape index (κ3) is 5.88. The highest BCUT2D eigenvalue weighted by Gasteiger charge is 2.23. The summed E-state index contributed by atoms with van der Waals surface area (Å²) in [5.74, 6) is -1.26. The topological polar surface area (TPSA) is 119 Å². The second kappa shape index (κ2) is 9.66. The molecule has 0 radical (unpaired) electrons. The van der Waals surface area contributed by atoms with E-state index in [4.69, 9.17) is 0 Å². The minimum atomic E-state index is -3.46. The van der Waals surface area contributed by atoms with Gasteiger partial charge >= 0.3 is 6.09 Å². The van der Waals surface area contributed by atoms with Crippen LogP contribution in [0.25, 0.3) is 0 Å². The van der Waals surface area contributed by atoms with Crippen molar-refractivity contribution in [2.75, 3.05) is 18.2 Å². The smallest absolute Gasteiger partial charge is 0.413 e. The monoisotopic (exact) mass is 438 g/mol. The number of hydrogen-bond donors (Lipinski definition) is 2. The van der Waals surface area contributed by atoms with Crippen LogP contribution >= 0.6 is 11.3 Å². The van der Waals surface area contributed by atoms with Crippen LogP contribution in [0.5, 0.6) is 0 Å². The molecule has 1 aromatic carbocycles. The van der Waals surface area contributed by atoms with E-state index in [2.05, 4.69) is 15.4 Å². The third-order valence-corrected chi connectivity index (χ3v) is 7.12. The van der Waals surface area contributed by atoms with E-state index in [1.54, 1.807) is 32.0 Å². The van der Waals surface area contributed by atoms with Crippen molar-refractivity contribution in [2.45, 2.75) is 31.6 Å². The molecule has 0 aliphatic heterocycles. The first-order chi connectivity index (χ1) is 13.7. The van der Waals surface area contributed by atoms with Crippen molar-refractivity contribution in [1.29, 1.82) is 0 Å². The van der Waals surface area contributed by atoms with E-state index >= 15 is 0 Å². The van der Waals surface area contributed by atoms with Gasteiger partial charge in [0.05, 0.1) is 23.3 Å². The van der Waals surface area contributed by atoms with Gasteiger partial charge in [0.15, 0.2) is 9.84 Å². The molecule has 0 spiro atoms. The number of thiophene rings is 1. The van der Waals surface area contributed by atoms with Crippen molar-refractivity contribution < 1.29 is 27.5 Å². The Kier molecular flexibility index (Phi) is 7.52. The quantitative estimate of drug-likeness (QED) is 0.686. The number of benzene rings is 1. The molecule has 2 rings (SSSR count). The third-order valence-electron chi connectivity index (χ3n) is 4.19. The van der Waals surface area contributed by atoms with Gasteiger partial charge in [-0.1, -0.05) is 18.2 Å². The van der Waals surface area contributed by atoms with E-state index in [0.29, 0.717) is 10.6 Å². The van der Waals surface area contributed by atoms with Gasteiger partial charge < -0.3 is 10.1 Å². The lowest BCUT2D eigenvalue weighted by molar-refractivity contribution is -0.116. The molecule has 0 bridgehead atoms. The fraction of sp³-hybridized carbons (Fsp3) is 0.316. The van der Waals surface area contributed by atoms with E-state index in [1.807, 2.05) is 0 Å². The number of hydrogen-bond acceptors (Lipinski definition) is 7. The predicted octanol–water partition coefficient (Wildman–Crippen LogP) is 3.05. The molecule has 0 aliphatic carbocycles. The van der Waals surface area contributed by atoms with Crippen molar-refractivity contribution in [3.8, 4) is 0 Å². The summed E-state index contributed by atoms with van der Waals surface area (Å²) >= 11 is 1.21. The first kappa shape index (κ1) is 22.6. The number of sulfone groups is 1. The zero-order valence-corrected chi connectivity index (χ0v) is 17.9. The Morgan fingerprint density at radius 2 is 1.76 bits per heavy atom. The summed E-state index contributed by atoms with van der Waals surface area (Å²) in [5, 5.41) is 5.02. The SMILES string of the molecule is COC(=O)NC(=O)c1c(NC(=O)CCCS(=O)(=O)c2ccccc2)sc(C)c1C. The predicted molar refractivity (Wildman–Crippen MR) is 110 cm³/mol. The zero-order valence-electron chi connectivity index (χ0n) is 16.3. The van der Waals surface area contributed by atoms with Crippen molar-refractivity contribution in [3.05, 3.63) is 46.3 Å². The van der Waals surface area contributed by atoms with Crippen molar-refractivity contribution in [3.63, 3.8) is 0 Å². The molecule has 1 aromatic heterocycles. The largest absolute Gasteiger partial charge is 0.453 e. The average molecular weight is 439 g/mol. The molecule has 0 fully saturated rings. The van der Waals surface area contributed by atoms with Crippen LogP contribution in [-0.2, 0) is 19.4 Å². The summed E-state index contributed by atoms with van der Waals surface area (Å²) < 4.78 is 29.0. The minimum Gasteiger partial charge on any atom is -0.453 e. The number of carbonyl (C=O) groups is 3. The van der Waals surface area contributed by atoms with Crippen molar-refractivity contribution in [2.24, 2.45) is 0 Å². The molecule has 0 saturated heterocycles. The van der Waals surface area contributed by atoms with Gasteiger partial charge in [0.25, 0.3) is 5.91 Å². The molecular weight excluding hydrogens is 416 g/mol. The Morgan fingerprint density at radius 1 is 1.10 bits per heavy atom. The molecule has 29 heavy (non-hydrogen) atoms. The van der Waals surface area contributed by atoms with Crippen LogP contribution in [0.1, 0.15) is 33.6 Å². The van der Waals surface area contributed by atoms with Crippen molar-refractivity contribution >= 4 is 44.1 Å². The highest BCUT2D eigenvalue weighted by Crippen LogP contribution is 2.32. The summed E-state index contributed by atoms with van der Waals surface area (Å²) in [6, 6.07) is 8.03. The Balaban J connectivity index is 2.01. The molecule has 3 amide bonds. The summed E-state index contributed by atoms with van der Waals surface area (Å²) in [6.07, 6.45) is -0.794. The van der Waals surface area contributed by atoms with E-state index in [1.165, 1.54) is 23.5 Å². The minimum absolute atomic E-state index is 0.0277. The molecule has 1 heterocycles. The fourth-order valence-electron chi connectivity index (χ4n) is 2.55. The van der Waals surface area contributed by atoms with Crippen LogP contribution in [0, 0.1) is 13.8 Å². The number of rotatable bonds is 7. The summed E-state index contributed by atoms with van der Waals surface area (Å²) in [5.41, 5.74) is 0.821. The van der Waals surface area contributed by atoms with Gasteiger partial charge in [0.1, 0.15) is 5.00 Å². The van der Waals surface area contributed by atoms with Gasteiger partial charge in [-0.2, -0.15) is 0 Å². The fourth-order valence-corrected chi connectivity index (χ4v) is 4.96. The molecule has 0 unspecified atom stereocenters. The molecule has 0 atom stereocenters. The van der Waals surface area contributed by atoms with E-state index in [9.17, 15) is 22.8 Å². The molecule has 156 valence electrons. The van der Waals surface area contributed by atoms with Crippen LogP contribution in [0.3, 0.4) is 0 Å². The maximum atomic E-state index is 12.3. The maximum Gasteiger partial charge on any atom is 0.413 e. The first-order valence-electron chi connectivity index (χ1n) is 8.72. The Morgan fingerprint density at radius 3 is 2.38 bits per heavy atom. The molecule has 8 nitrogen and oxygen atoms in total. The second-order valence-corrected chi connectivity index (χ2v) is 9.55. The van der Waals surface area contributed by atoms with Gasteiger partial charge in [-0.3, -0.25) is 14.9 Å². The van der Waals surface area contributed by atoms with Crippen LogP contribution in [0.15, 0.2) is 35.2 Å². The van der Waals surface area contributed by atoms with Crippen molar-refractivity contribution in [1.82, 2.24) is 5.32 Å². The lowest BCUT2D eigenvalue weighted by Crippen LogP contribution is -2.31. The number of anilines is 1. The van der Waals surface area contributed by atoms with Crippen LogP contribution in [0.4, 0.5) is 9.80 Å². The second-order valence-electron chi connectivity index (χ2n) is 6.22. The number of carbonyl (C=O) groups excluding carboxylic acids is 3. The number of nitrogens with one attached hydrogen (secondary N) is 2. The normalized spacial score (nSPS) is 11.0. The van der Waals surface area contributed by atoms with Gasteiger partial charge in [-0.05, 0) is 38.0 Å². The number of ether oxygens (including phenoxy) is 1. The van der Waals surface area contributed by atoms with Gasteiger partial charge in [-0.15, -0.1) is 11.3 Å². The summed E-state index contributed by atoms with van der Waals surface area (Å²) in [7, 11) is -2.32. The summed E-state index contributed by atoms with van der Waals surface area (Å²) in [4.78, 5) is 36.9. The van der Waals surface area contributed by atoms with Crippen LogP contribution in [-0.4, -0.2) is 39.2 Å². The number of aryl methyl sites for hydroxylation is 1. The Bertz CT molecular complexity index is 1010. The van der Waals surface area contributed by atoms with Crippen LogP contribution in [0.2, 0.25) is 0 Å². The average Bonchev–Trinajstić information content (AvgIpc) is 2.95. The molecule has 0 saturated carbocycles. The number of imide groups is 1. The lowest BCUT2D eigenvalue weighted by Gasteiger charge is -2.08. The highest BCUT2D eigenvalue weighted by molar-refractivity contribution is 7.91. The van der Waals surface area contributed by atoms with Gasteiger partial charge in [-0.25, -0.2) is 13.2 Å². The van der Waals surface area contributed by atoms with E-state index in [0.717, 1.165) is 12.0 Å². The van der Waals surface area contributed by atoms with Crippen LogP contribution < -0.4 is 10.6 Å². The molecule has 2 aromatic rings. The molecular formula is C19H22N2O6S2. The molecule has 10 heteroatoms. The van der Waals surface area contributed by atoms with E-state index < -0.39 is 27.7 Å². The lowest BCUT2D eigenvalue weighted by atomic mass is 10.1. The Hall–Kier alpha value is -2.72. The van der Waals surface area contributed by atoms with Gasteiger partial charge in [0, 0.05) is 11.3 Å². The Labute approximate surface area is 173 Å². The number of methoxy groups -OCH3 is 1.